The Morgan fingerprint density at radius 1 is 1.50 bits per heavy atom. The third-order valence-electron chi connectivity index (χ3n) is 3.20. The van der Waals surface area contributed by atoms with Crippen molar-refractivity contribution >= 4 is 0 Å². The molecule has 0 radical (unpaired) electrons. The molecule has 2 heteroatoms. The number of rotatable bonds is 2. The second-order valence-electron chi connectivity index (χ2n) is 4.74. The van der Waals surface area contributed by atoms with Gasteiger partial charge in [0.2, 0.25) is 0 Å². The molecule has 2 atom stereocenters. The first-order valence-electron chi connectivity index (χ1n) is 5.36. The predicted octanol–water partition coefficient (Wildman–Crippen LogP) is 2.14. The summed E-state index contributed by atoms with van der Waals surface area (Å²) in [4.78, 5) is 4.02. The number of hydrogen-bond acceptors (Lipinski definition) is 2. The molecule has 1 aromatic rings. The molecule has 0 aliphatic heterocycles. The quantitative estimate of drug-likeness (QED) is 0.776. The fourth-order valence-electron chi connectivity index (χ4n) is 2.50. The molecule has 1 aliphatic carbocycles. The molecule has 1 saturated carbocycles. The van der Waals surface area contributed by atoms with E-state index in [2.05, 4.69) is 24.0 Å². The number of hydrogen-bond donors (Lipinski definition) is 1. The summed E-state index contributed by atoms with van der Waals surface area (Å²) in [7, 11) is 0. The van der Waals surface area contributed by atoms with Gasteiger partial charge >= 0.3 is 0 Å². The highest BCUT2D eigenvalue weighted by molar-refractivity contribution is 5.14. The molecule has 0 saturated heterocycles. The van der Waals surface area contributed by atoms with Crippen molar-refractivity contribution in [2.45, 2.75) is 38.1 Å². The Hall–Kier alpha value is -0.890. The highest BCUT2D eigenvalue weighted by atomic mass is 14.8. The number of nitrogens with two attached hydrogens (primary N) is 1. The Kier molecular flexibility index (Phi) is 2.55. The van der Waals surface area contributed by atoms with E-state index in [4.69, 9.17) is 5.73 Å². The fraction of sp³-hybridized carbons (Fsp3) is 0.583. The minimum Gasteiger partial charge on any atom is -0.325 e. The zero-order valence-electron chi connectivity index (χ0n) is 8.74. The van der Waals surface area contributed by atoms with Gasteiger partial charge < -0.3 is 5.73 Å². The Morgan fingerprint density at radius 3 is 2.79 bits per heavy atom. The Labute approximate surface area is 85.5 Å². The molecule has 1 heterocycles. The van der Waals surface area contributed by atoms with Crippen LogP contribution in [0.3, 0.4) is 0 Å². The SMILES string of the molecule is CC1CCC(N)(Cc2ccncc2)C1. The minimum absolute atomic E-state index is 0.0424. The maximum absolute atomic E-state index is 6.36. The van der Waals surface area contributed by atoms with Gasteiger partial charge in [-0.1, -0.05) is 6.92 Å². The first-order valence-corrected chi connectivity index (χ1v) is 5.36. The highest BCUT2D eigenvalue weighted by Gasteiger charge is 2.33. The van der Waals surface area contributed by atoms with Crippen LogP contribution in [-0.4, -0.2) is 10.5 Å². The van der Waals surface area contributed by atoms with Crippen LogP contribution in [0.1, 0.15) is 31.7 Å². The number of aromatic nitrogens is 1. The van der Waals surface area contributed by atoms with E-state index in [9.17, 15) is 0 Å². The van der Waals surface area contributed by atoms with Crippen molar-refractivity contribution in [3.8, 4) is 0 Å². The predicted molar refractivity (Wildman–Crippen MR) is 57.9 cm³/mol. The van der Waals surface area contributed by atoms with Crippen molar-refractivity contribution in [3.63, 3.8) is 0 Å². The van der Waals surface area contributed by atoms with Crippen molar-refractivity contribution in [2.24, 2.45) is 11.7 Å². The maximum Gasteiger partial charge on any atom is 0.0270 e. The van der Waals surface area contributed by atoms with E-state index in [0.29, 0.717) is 0 Å². The zero-order chi connectivity index (χ0) is 10.0. The van der Waals surface area contributed by atoms with Crippen LogP contribution < -0.4 is 5.73 Å². The molecule has 76 valence electrons. The molecular weight excluding hydrogens is 172 g/mol. The molecule has 2 N–H and O–H groups in total. The maximum atomic E-state index is 6.36. The van der Waals surface area contributed by atoms with Gasteiger partial charge in [-0.25, -0.2) is 0 Å². The third kappa shape index (κ3) is 2.13. The average Bonchev–Trinajstić information content (AvgIpc) is 2.47. The van der Waals surface area contributed by atoms with Gasteiger partial charge in [-0.15, -0.1) is 0 Å². The fourth-order valence-corrected chi connectivity index (χ4v) is 2.50. The zero-order valence-corrected chi connectivity index (χ0v) is 8.74. The second kappa shape index (κ2) is 3.70. The van der Waals surface area contributed by atoms with E-state index in [-0.39, 0.29) is 5.54 Å². The van der Waals surface area contributed by atoms with E-state index < -0.39 is 0 Å². The van der Waals surface area contributed by atoms with Crippen LogP contribution in [0.25, 0.3) is 0 Å². The molecule has 14 heavy (non-hydrogen) atoms. The molecule has 0 bridgehead atoms. The lowest BCUT2D eigenvalue weighted by atomic mass is 9.90. The summed E-state index contributed by atoms with van der Waals surface area (Å²) in [6.07, 6.45) is 8.29. The van der Waals surface area contributed by atoms with Crippen LogP contribution in [0.15, 0.2) is 24.5 Å². The van der Waals surface area contributed by atoms with Gasteiger partial charge in [-0.05, 0) is 49.3 Å². The molecule has 1 aliphatic rings. The summed E-state index contributed by atoms with van der Waals surface area (Å²) in [5.74, 6) is 0.793. The summed E-state index contributed by atoms with van der Waals surface area (Å²) < 4.78 is 0. The summed E-state index contributed by atoms with van der Waals surface area (Å²) in [6, 6.07) is 4.13. The molecule has 2 nitrogen and oxygen atoms in total. The Bertz CT molecular complexity index is 296. The molecular formula is C12H18N2. The lowest BCUT2D eigenvalue weighted by molar-refractivity contribution is 0.419. The van der Waals surface area contributed by atoms with E-state index in [1.807, 2.05) is 12.4 Å². The van der Waals surface area contributed by atoms with Gasteiger partial charge in [-0.3, -0.25) is 4.98 Å². The van der Waals surface area contributed by atoms with Crippen LogP contribution in [-0.2, 0) is 6.42 Å². The van der Waals surface area contributed by atoms with Crippen molar-refractivity contribution < 1.29 is 0 Å². The van der Waals surface area contributed by atoms with Crippen LogP contribution >= 0.6 is 0 Å². The van der Waals surface area contributed by atoms with Crippen LogP contribution in [0, 0.1) is 5.92 Å². The second-order valence-corrected chi connectivity index (χ2v) is 4.74. The molecule has 2 unspecified atom stereocenters. The van der Waals surface area contributed by atoms with Gasteiger partial charge in [0.05, 0.1) is 0 Å². The summed E-state index contributed by atoms with van der Waals surface area (Å²) in [6.45, 7) is 2.29. The van der Waals surface area contributed by atoms with Crippen molar-refractivity contribution in [3.05, 3.63) is 30.1 Å². The Balaban J connectivity index is 2.04. The largest absolute Gasteiger partial charge is 0.325 e. The van der Waals surface area contributed by atoms with Gasteiger partial charge in [0, 0.05) is 17.9 Å². The molecule has 0 aromatic carbocycles. The lowest BCUT2D eigenvalue weighted by Crippen LogP contribution is -2.39. The van der Waals surface area contributed by atoms with Gasteiger partial charge in [0.25, 0.3) is 0 Å². The lowest BCUT2D eigenvalue weighted by Gasteiger charge is -2.23. The van der Waals surface area contributed by atoms with Crippen molar-refractivity contribution in [1.82, 2.24) is 4.98 Å². The molecule has 0 spiro atoms. The average molecular weight is 190 g/mol. The normalized spacial score (nSPS) is 32.0. The third-order valence-corrected chi connectivity index (χ3v) is 3.20. The topological polar surface area (TPSA) is 38.9 Å². The molecule has 2 rings (SSSR count). The van der Waals surface area contributed by atoms with E-state index in [0.717, 1.165) is 25.2 Å². The van der Waals surface area contributed by atoms with Crippen molar-refractivity contribution in [2.75, 3.05) is 0 Å². The number of nitrogens with zero attached hydrogens (tertiary/aromatic N) is 1. The van der Waals surface area contributed by atoms with E-state index >= 15 is 0 Å². The smallest absolute Gasteiger partial charge is 0.0270 e. The molecule has 1 aromatic heterocycles. The number of pyridine rings is 1. The van der Waals surface area contributed by atoms with Crippen molar-refractivity contribution in [1.29, 1.82) is 0 Å². The monoisotopic (exact) mass is 190 g/mol. The molecule has 0 amide bonds. The minimum atomic E-state index is 0.0424. The van der Waals surface area contributed by atoms with Gasteiger partial charge in [0.15, 0.2) is 0 Å². The standard InChI is InChI=1S/C12H18N2/c1-10-2-5-12(13,8-10)9-11-3-6-14-7-4-11/h3-4,6-7,10H,2,5,8-9,13H2,1H3. The Morgan fingerprint density at radius 2 is 2.21 bits per heavy atom. The first kappa shape index (κ1) is 9.66. The van der Waals surface area contributed by atoms with Crippen LogP contribution in [0.4, 0.5) is 0 Å². The van der Waals surface area contributed by atoms with Gasteiger partial charge in [0.1, 0.15) is 0 Å². The summed E-state index contributed by atoms with van der Waals surface area (Å²) in [5, 5.41) is 0. The summed E-state index contributed by atoms with van der Waals surface area (Å²) in [5.41, 5.74) is 7.72. The first-order chi connectivity index (χ1) is 6.68. The van der Waals surface area contributed by atoms with E-state index in [1.165, 1.54) is 12.0 Å². The highest BCUT2D eigenvalue weighted by Crippen LogP contribution is 2.34. The van der Waals surface area contributed by atoms with E-state index in [1.54, 1.807) is 0 Å². The molecule has 1 fully saturated rings. The van der Waals surface area contributed by atoms with Crippen LogP contribution in [0.5, 0.6) is 0 Å². The van der Waals surface area contributed by atoms with Gasteiger partial charge in [-0.2, -0.15) is 0 Å². The van der Waals surface area contributed by atoms with Crippen LogP contribution in [0.2, 0.25) is 0 Å². The summed E-state index contributed by atoms with van der Waals surface area (Å²) >= 11 is 0.